The third-order valence-electron chi connectivity index (χ3n) is 2.99. The molecule has 0 aliphatic heterocycles. The van der Waals surface area contributed by atoms with Crippen LogP contribution < -0.4 is 16.0 Å². The van der Waals surface area contributed by atoms with Crippen molar-refractivity contribution in [2.24, 2.45) is 11.7 Å². The van der Waals surface area contributed by atoms with E-state index in [9.17, 15) is 4.79 Å². The maximum Gasteiger partial charge on any atom is 0.227 e. The van der Waals surface area contributed by atoms with E-state index in [1.807, 2.05) is 44.1 Å². The van der Waals surface area contributed by atoms with E-state index < -0.39 is 0 Å². The normalized spacial score (nSPS) is 12.1. The average Bonchev–Trinajstić information content (AvgIpc) is 2.35. The van der Waals surface area contributed by atoms with Gasteiger partial charge < -0.3 is 16.0 Å². The van der Waals surface area contributed by atoms with E-state index in [0.29, 0.717) is 6.54 Å². The molecule has 1 atom stereocenters. The number of hydrogen-bond donors (Lipinski definition) is 2. The number of nitrogens with two attached hydrogens (primary N) is 1. The standard InChI is InChI=1S/C14H22BrN3O/c1-10(5-4-8-16)14(19)17-12-9-11(15)6-7-13(12)18(2)3/h6-7,9-10H,4-5,8,16H2,1-3H3,(H,17,19). The fourth-order valence-electron chi connectivity index (χ4n) is 1.81. The summed E-state index contributed by atoms with van der Waals surface area (Å²) in [6.45, 7) is 2.55. The third kappa shape index (κ3) is 4.84. The van der Waals surface area contributed by atoms with Crippen molar-refractivity contribution < 1.29 is 4.79 Å². The SMILES string of the molecule is CC(CCCN)C(=O)Nc1cc(Br)ccc1N(C)C. The first-order valence-electron chi connectivity index (χ1n) is 6.43. The van der Waals surface area contributed by atoms with E-state index in [2.05, 4.69) is 21.2 Å². The number of benzene rings is 1. The number of hydrogen-bond acceptors (Lipinski definition) is 3. The van der Waals surface area contributed by atoms with Crippen LogP contribution >= 0.6 is 15.9 Å². The number of carbonyl (C=O) groups excluding carboxylic acids is 1. The van der Waals surface area contributed by atoms with Crippen LogP contribution in [0, 0.1) is 5.92 Å². The van der Waals surface area contributed by atoms with Gasteiger partial charge in [0.25, 0.3) is 0 Å². The number of amides is 1. The van der Waals surface area contributed by atoms with Gasteiger partial charge in [-0.25, -0.2) is 0 Å². The molecule has 1 unspecified atom stereocenters. The largest absolute Gasteiger partial charge is 0.376 e. The van der Waals surface area contributed by atoms with Gasteiger partial charge in [-0.2, -0.15) is 0 Å². The summed E-state index contributed by atoms with van der Waals surface area (Å²) >= 11 is 3.43. The highest BCUT2D eigenvalue weighted by Gasteiger charge is 2.15. The van der Waals surface area contributed by atoms with E-state index in [1.165, 1.54) is 0 Å². The Morgan fingerprint density at radius 2 is 2.16 bits per heavy atom. The van der Waals surface area contributed by atoms with Crippen molar-refractivity contribution in [2.75, 3.05) is 30.9 Å². The number of rotatable bonds is 6. The molecule has 1 aromatic carbocycles. The van der Waals surface area contributed by atoms with E-state index in [0.717, 1.165) is 28.7 Å². The Bertz CT molecular complexity index is 435. The first-order valence-corrected chi connectivity index (χ1v) is 7.22. The molecule has 5 heteroatoms. The van der Waals surface area contributed by atoms with Crippen molar-refractivity contribution in [3.05, 3.63) is 22.7 Å². The molecule has 1 amide bonds. The van der Waals surface area contributed by atoms with Crippen LogP contribution in [0.15, 0.2) is 22.7 Å². The molecule has 0 heterocycles. The number of nitrogens with zero attached hydrogens (tertiary/aromatic N) is 1. The van der Waals surface area contributed by atoms with Gasteiger partial charge in [-0.15, -0.1) is 0 Å². The van der Waals surface area contributed by atoms with E-state index >= 15 is 0 Å². The second-order valence-electron chi connectivity index (χ2n) is 4.88. The van der Waals surface area contributed by atoms with Crippen LogP contribution in [0.3, 0.4) is 0 Å². The first-order chi connectivity index (χ1) is 8.95. The van der Waals surface area contributed by atoms with Gasteiger partial charge >= 0.3 is 0 Å². The first kappa shape index (κ1) is 16.0. The smallest absolute Gasteiger partial charge is 0.227 e. The quantitative estimate of drug-likeness (QED) is 0.844. The molecule has 4 nitrogen and oxygen atoms in total. The zero-order valence-electron chi connectivity index (χ0n) is 11.7. The molecule has 3 N–H and O–H groups in total. The van der Waals surface area contributed by atoms with Gasteiger partial charge in [0, 0.05) is 24.5 Å². The van der Waals surface area contributed by atoms with E-state index in [4.69, 9.17) is 5.73 Å². The van der Waals surface area contributed by atoms with Gasteiger partial charge in [0.1, 0.15) is 0 Å². The second kappa shape index (κ2) is 7.50. The number of anilines is 2. The van der Waals surface area contributed by atoms with E-state index in [-0.39, 0.29) is 11.8 Å². The molecule has 0 bridgehead atoms. The molecule has 0 spiro atoms. The summed E-state index contributed by atoms with van der Waals surface area (Å²) in [5, 5.41) is 2.99. The van der Waals surface area contributed by atoms with Crippen molar-refractivity contribution in [3.63, 3.8) is 0 Å². The molecule has 0 aliphatic carbocycles. The molecule has 0 fully saturated rings. The molecule has 0 aromatic heterocycles. The molecular formula is C14H22BrN3O. The number of carbonyl (C=O) groups is 1. The van der Waals surface area contributed by atoms with Crippen LogP contribution in [-0.2, 0) is 4.79 Å². The van der Waals surface area contributed by atoms with Crippen molar-refractivity contribution in [1.29, 1.82) is 0 Å². The van der Waals surface area contributed by atoms with E-state index in [1.54, 1.807) is 0 Å². The van der Waals surface area contributed by atoms with Gasteiger partial charge in [-0.05, 0) is 37.6 Å². The zero-order chi connectivity index (χ0) is 14.4. The number of halogens is 1. The lowest BCUT2D eigenvalue weighted by atomic mass is 10.0. The summed E-state index contributed by atoms with van der Waals surface area (Å²) in [5.74, 6) is 0.00666. The molecule has 19 heavy (non-hydrogen) atoms. The fraction of sp³-hybridized carbons (Fsp3) is 0.500. The van der Waals surface area contributed by atoms with Crippen LogP contribution in [0.4, 0.5) is 11.4 Å². The van der Waals surface area contributed by atoms with Crippen LogP contribution in [-0.4, -0.2) is 26.5 Å². The second-order valence-corrected chi connectivity index (χ2v) is 5.79. The van der Waals surface area contributed by atoms with Crippen LogP contribution in [0.5, 0.6) is 0 Å². The minimum atomic E-state index is -0.0301. The minimum absolute atomic E-state index is 0.0301. The van der Waals surface area contributed by atoms with Gasteiger partial charge in [-0.1, -0.05) is 22.9 Å². The molecule has 1 rings (SSSR count). The Kier molecular flexibility index (Phi) is 6.31. The molecule has 0 saturated heterocycles. The molecule has 0 saturated carbocycles. The summed E-state index contributed by atoms with van der Waals surface area (Å²) in [7, 11) is 3.91. The van der Waals surface area contributed by atoms with Crippen LogP contribution in [0.1, 0.15) is 19.8 Å². The van der Waals surface area contributed by atoms with Gasteiger partial charge in [0.15, 0.2) is 0 Å². The Balaban J connectivity index is 2.80. The molecule has 0 aliphatic rings. The molecule has 1 aromatic rings. The topological polar surface area (TPSA) is 58.4 Å². The minimum Gasteiger partial charge on any atom is -0.376 e. The Hall–Kier alpha value is -1.07. The lowest BCUT2D eigenvalue weighted by Gasteiger charge is -2.19. The van der Waals surface area contributed by atoms with Gasteiger partial charge in [-0.3, -0.25) is 4.79 Å². The Morgan fingerprint density at radius 3 is 2.74 bits per heavy atom. The predicted molar refractivity (Wildman–Crippen MR) is 84.6 cm³/mol. The highest BCUT2D eigenvalue weighted by atomic mass is 79.9. The summed E-state index contributed by atoms with van der Waals surface area (Å²) in [5.41, 5.74) is 7.28. The van der Waals surface area contributed by atoms with Crippen LogP contribution in [0.2, 0.25) is 0 Å². The van der Waals surface area contributed by atoms with Crippen LogP contribution in [0.25, 0.3) is 0 Å². The van der Waals surface area contributed by atoms with Gasteiger partial charge in [0.2, 0.25) is 5.91 Å². The zero-order valence-corrected chi connectivity index (χ0v) is 13.3. The molecule has 0 radical (unpaired) electrons. The summed E-state index contributed by atoms with van der Waals surface area (Å²) < 4.78 is 0.947. The predicted octanol–water partition coefficient (Wildman–Crippen LogP) is 2.83. The fourth-order valence-corrected chi connectivity index (χ4v) is 2.17. The molecular weight excluding hydrogens is 306 g/mol. The van der Waals surface area contributed by atoms with Gasteiger partial charge in [0.05, 0.1) is 11.4 Å². The summed E-state index contributed by atoms with van der Waals surface area (Å²) in [6, 6.07) is 5.86. The lowest BCUT2D eigenvalue weighted by molar-refractivity contribution is -0.119. The van der Waals surface area contributed by atoms with Crippen molar-refractivity contribution in [1.82, 2.24) is 0 Å². The average molecular weight is 328 g/mol. The summed E-state index contributed by atoms with van der Waals surface area (Å²) in [4.78, 5) is 14.1. The van der Waals surface area contributed by atoms with Crippen molar-refractivity contribution in [2.45, 2.75) is 19.8 Å². The van der Waals surface area contributed by atoms with Crippen molar-refractivity contribution >= 4 is 33.2 Å². The Labute approximate surface area is 123 Å². The maximum atomic E-state index is 12.1. The maximum absolute atomic E-state index is 12.1. The third-order valence-corrected chi connectivity index (χ3v) is 3.48. The molecule has 106 valence electrons. The number of nitrogens with one attached hydrogen (secondary N) is 1. The Morgan fingerprint density at radius 1 is 1.47 bits per heavy atom. The lowest BCUT2D eigenvalue weighted by Crippen LogP contribution is -2.22. The monoisotopic (exact) mass is 327 g/mol. The summed E-state index contributed by atoms with van der Waals surface area (Å²) in [6.07, 6.45) is 1.68. The van der Waals surface area contributed by atoms with Crippen molar-refractivity contribution in [3.8, 4) is 0 Å². The highest BCUT2D eigenvalue weighted by molar-refractivity contribution is 9.10. The highest BCUT2D eigenvalue weighted by Crippen LogP contribution is 2.28.